The molecular weight excluding hydrogens is 1450 g/mol. The minimum absolute atomic E-state index is 0.0618. The van der Waals surface area contributed by atoms with Gasteiger partial charge in [0.05, 0.1) is 95.3 Å². The normalized spacial score (nSPS) is 11.3. The number of rotatable bonds is 27. The highest BCUT2D eigenvalue weighted by Crippen LogP contribution is 2.29. The molecule has 4 aromatic carbocycles. The first-order chi connectivity index (χ1) is 55.9. The van der Waals surface area contributed by atoms with Gasteiger partial charge in [0.15, 0.2) is 11.5 Å². The summed E-state index contributed by atoms with van der Waals surface area (Å²) in [4.78, 5) is 77.7. The van der Waals surface area contributed by atoms with E-state index in [2.05, 4.69) is 62.9 Å². The average molecular weight is 1540 g/mol. The Kier molecular flexibility index (Phi) is 26.5. The predicted molar refractivity (Wildman–Crippen MR) is 442 cm³/mol. The summed E-state index contributed by atoms with van der Waals surface area (Å²) >= 11 is 0. The van der Waals surface area contributed by atoms with Crippen LogP contribution in [-0.2, 0) is 78.5 Å². The lowest BCUT2D eigenvalue weighted by Gasteiger charge is -2.22. The standard InChI is InChI=1S/C24H25N3O4.C23H23N3O3.C23H23N3O2.C22H21N3O2/c1-17-8-9-27-23(11-17)25-19(13-24(27)28)15-26(16-20-5-4-10-31-20)14-18-6-7-21(29-2)22(12-18)30-3;1-17-9-10-26-22(12-17)24-19(13-23(26)27)15-25(16-21-4-3-11-29-21)14-18-5-7-20(28-2)8-6-18;1-17-5-7-19(8-6-17)14-25(16-21-4-3-11-28-21)15-20-13-23(27)26-10-9-18(2)12-22(26)24-20;1-17-9-10-25-21(12-17)23-19(13-22(25)26)15-24(16-20-8-5-11-27-20)14-18-6-3-2-4-7-18/h4-13H,14-16H2,1-3H3;3-13H,14-16H2,1-2H3;3-13H,14-16H2,1-2H3;2-13H,14-16H2,1H3. The van der Waals surface area contributed by atoms with Gasteiger partial charge in [-0.25, -0.2) is 19.9 Å². The molecule has 0 amide bonds. The van der Waals surface area contributed by atoms with E-state index in [1.54, 1.807) is 113 Å². The number of fused-ring (bicyclic) bond motifs is 4. The highest BCUT2D eigenvalue weighted by molar-refractivity contribution is 5.46. The van der Waals surface area contributed by atoms with Crippen molar-refractivity contribution in [2.45, 2.75) is 113 Å². The third-order valence-electron chi connectivity index (χ3n) is 19.1. The van der Waals surface area contributed by atoms with Gasteiger partial charge in [0, 0.05) is 101 Å². The number of pyridine rings is 4. The van der Waals surface area contributed by atoms with E-state index in [9.17, 15) is 19.2 Å². The fourth-order valence-electron chi connectivity index (χ4n) is 13.4. The number of aromatic nitrogens is 8. The molecule has 16 rings (SSSR count). The molecule has 0 N–H and O–H groups in total. The Morgan fingerprint density at radius 3 is 0.887 bits per heavy atom. The van der Waals surface area contributed by atoms with Gasteiger partial charge in [-0.3, -0.25) is 56.4 Å². The number of aryl methyl sites for hydroxylation is 5. The fourth-order valence-corrected chi connectivity index (χ4v) is 13.4. The second kappa shape index (κ2) is 38.3. The van der Waals surface area contributed by atoms with Crippen molar-refractivity contribution in [3.8, 4) is 17.2 Å². The van der Waals surface area contributed by atoms with Crippen molar-refractivity contribution in [2.75, 3.05) is 21.3 Å². The summed E-state index contributed by atoms with van der Waals surface area (Å²) in [6, 6.07) is 69.7. The summed E-state index contributed by atoms with van der Waals surface area (Å²) in [6.45, 7) is 17.5. The lowest BCUT2D eigenvalue weighted by molar-refractivity contribution is 0.224. The van der Waals surface area contributed by atoms with Gasteiger partial charge in [-0.1, -0.05) is 78.4 Å². The number of hydrogen-bond acceptors (Lipinski definition) is 19. The molecule has 0 spiro atoms. The van der Waals surface area contributed by atoms with Crippen molar-refractivity contribution in [3.63, 3.8) is 0 Å². The van der Waals surface area contributed by atoms with Gasteiger partial charge in [0.2, 0.25) is 0 Å². The topological polar surface area (TPSA) is 231 Å². The smallest absolute Gasteiger partial charge is 0.258 e. The van der Waals surface area contributed by atoms with Crippen molar-refractivity contribution < 1.29 is 31.9 Å². The Hall–Kier alpha value is -13.3. The Morgan fingerprint density at radius 1 is 0.278 bits per heavy atom. The fraction of sp³-hybridized carbons (Fsp3) is 0.217. The van der Waals surface area contributed by atoms with Crippen LogP contribution in [0.15, 0.2) is 305 Å². The first kappa shape index (κ1) is 79.8. The monoisotopic (exact) mass is 1540 g/mol. The van der Waals surface area contributed by atoms with Crippen LogP contribution in [0, 0.1) is 34.6 Å². The number of ether oxygens (including phenoxy) is 3. The number of benzene rings is 4. The molecule has 0 saturated carbocycles. The van der Waals surface area contributed by atoms with E-state index < -0.39 is 0 Å². The molecule has 0 atom stereocenters. The molecule has 16 aromatic rings. The lowest BCUT2D eigenvalue weighted by Crippen LogP contribution is -2.25. The number of nitrogens with zero attached hydrogens (tertiary/aromatic N) is 12. The van der Waals surface area contributed by atoms with Crippen LogP contribution in [0.5, 0.6) is 17.2 Å². The molecule has 0 aliphatic rings. The van der Waals surface area contributed by atoms with Crippen LogP contribution in [0.4, 0.5) is 0 Å². The molecule has 0 aliphatic heterocycles. The Balaban J connectivity index is 0.000000134. The first-order valence-corrected chi connectivity index (χ1v) is 37.8. The zero-order chi connectivity index (χ0) is 80.2. The second-order valence-electron chi connectivity index (χ2n) is 28.5. The molecule has 586 valence electrons. The SMILES string of the molecule is COc1ccc(CN(Cc2cc(=O)n3ccc(C)cc3n2)Cc2ccco2)cc1.COc1ccc(CN(Cc2cc(=O)n3ccc(C)cc3n2)Cc2ccco2)cc1OC.Cc1ccc(CN(Cc2cc(=O)n3ccc(C)cc3n2)Cc2ccco2)cc1.Cc1ccn2c(=O)cc(CN(Cc3ccccc3)Cc3ccco3)nc2c1. The van der Waals surface area contributed by atoms with E-state index in [-0.39, 0.29) is 22.2 Å². The summed E-state index contributed by atoms with van der Waals surface area (Å²) in [5, 5.41) is 0. The highest BCUT2D eigenvalue weighted by atomic mass is 16.5. The minimum atomic E-state index is -0.0935. The average Bonchev–Trinajstić information content (AvgIpc) is 0.882. The Morgan fingerprint density at radius 2 is 0.583 bits per heavy atom. The van der Waals surface area contributed by atoms with Gasteiger partial charge in [0.1, 0.15) is 51.4 Å². The van der Waals surface area contributed by atoms with Gasteiger partial charge < -0.3 is 31.9 Å². The number of furan rings is 4. The molecule has 115 heavy (non-hydrogen) atoms. The predicted octanol–water partition coefficient (Wildman–Crippen LogP) is 15.5. The van der Waals surface area contributed by atoms with Crippen molar-refractivity contribution in [2.24, 2.45) is 0 Å². The molecule has 23 heteroatoms. The summed E-state index contributed by atoms with van der Waals surface area (Å²) in [5.74, 6) is 5.67. The summed E-state index contributed by atoms with van der Waals surface area (Å²) < 4.78 is 44.5. The molecule has 12 aromatic heterocycles. The van der Waals surface area contributed by atoms with Crippen LogP contribution >= 0.6 is 0 Å². The molecule has 0 bridgehead atoms. The molecule has 23 nitrogen and oxygen atoms in total. The molecular formula is C92H92N12O11. The van der Waals surface area contributed by atoms with E-state index in [1.807, 2.05) is 185 Å². The molecule has 0 fully saturated rings. The van der Waals surface area contributed by atoms with E-state index >= 15 is 0 Å². The van der Waals surface area contributed by atoms with Gasteiger partial charge in [0.25, 0.3) is 22.2 Å². The van der Waals surface area contributed by atoms with Crippen LogP contribution < -0.4 is 36.4 Å². The van der Waals surface area contributed by atoms with Crippen LogP contribution in [0.3, 0.4) is 0 Å². The van der Waals surface area contributed by atoms with Crippen molar-refractivity contribution in [3.05, 3.63) is 406 Å². The summed E-state index contributed by atoms with van der Waals surface area (Å²) in [7, 11) is 4.90. The van der Waals surface area contributed by atoms with Crippen LogP contribution in [0.2, 0.25) is 0 Å². The zero-order valence-corrected chi connectivity index (χ0v) is 65.7. The van der Waals surface area contributed by atoms with Crippen molar-refractivity contribution in [1.82, 2.24) is 57.1 Å². The minimum Gasteiger partial charge on any atom is -0.497 e. The Labute approximate surface area is 665 Å². The van der Waals surface area contributed by atoms with Crippen LogP contribution in [-0.4, -0.2) is 78.5 Å². The second-order valence-corrected chi connectivity index (χ2v) is 28.5. The van der Waals surface area contributed by atoms with Gasteiger partial charge in [-0.15, -0.1) is 0 Å². The maximum Gasteiger partial charge on any atom is 0.258 e. The van der Waals surface area contributed by atoms with Crippen molar-refractivity contribution >= 4 is 22.6 Å². The molecule has 0 unspecified atom stereocenters. The third kappa shape index (κ3) is 22.3. The maximum absolute atomic E-state index is 12.6. The summed E-state index contributed by atoms with van der Waals surface area (Å²) in [6.07, 6.45) is 13.8. The van der Waals surface area contributed by atoms with Crippen molar-refractivity contribution in [1.29, 1.82) is 0 Å². The molecule has 0 aliphatic carbocycles. The lowest BCUT2D eigenvalue weighted by atomic mass is 10.1. The largest absolute Gasteiger partial charge is 0.497 e. The van der Waals surface area contributed by atoms with E-state index in [4.69, 9.17) is 51.8 Å². The maximum atomic E-state index is 12.6. The van der Waals surface area contributed by atoms with E-state index in [0.717, 1.165) is 92.3 Å². The Bertz CT molecular complexity index is 6090. The van der Waals surface area contributed by atoms with Gasteiger partial charge in [-0.05, 0) is 200 Å². The molecule has 12 heterocycles. The quantitative estimate of drug-likeness (QED) is 0.0466. The first-order valence-electron chi connectivity index (χ1n) is 37.8. The van der Waals surface area contributed by atoms with Gasteiger partial charge >= 0.3 is 0 Å². The van der Waals surface area contributed by atoms with Crippen LogP contribution in [0.1, 0.15) is 95.9 Å². The molecule has 0 radical (unpaired) electrons. The van der Waals surface area contributed by atoms with E-state index in [0.29, 0.717) is 105 Å². The zero-order valence-electron chi connectivity index (χ0n) is 65.7. The third-order valence-corrected chi connectivity index (χ3v) is 19.1. The number of hydrogen-bond donors (Lipinski definition) is 0. The summed E-state index contributed by atoms with van der Waals surface area (Å²) in [5.41, 5.74) is 15.5. The molecule has 0 saturated heterocycles. The number of methoxy groups -OCH3 is 3. The van der Waals surface area contributed by atoms with Crippen LogP contribution in [0.25, 0.3) is 22.6 Å². The van der Waals surface area contributed by atoms with Gasteiger partial charge in [-0.2, -0.15) is 0 Å². The van der Waals surface area contributed by atoms with E-state index in [1.165, 1.54) is 16.7 Å². The highest BCUT2D eigenvalue weighted by Gasteiger charge is 2.19.